The van der Waals surface area contributed by atoms with Crippen molar-refractivity contribution in [2.75, 3.05) is 12.4 Å². The van der Waals surface area contributed by atoms with Crippen LogP contribution < -0.4 is 15.8 Å². The van der Waals surface area contributed by atoms with E-state index in [0.29, 0.717) is 0 Å². The van der Waals surface area contributed by atoms with E-state index in [1.54, 1.807) is 0 Å². The van der Waals surface area contributed by atoms with E-state index in [2.05, 4.69) is 10.1 Å². The van der Waals surface area contributed by atoms with E-state index in [-0.39, 0.29) is 11.4 Å². The van der Waals surface area contributed by atoms with Crippen LogP contribution in [0, 0.1) is 0 Å². The third-order valence-electron chi connectivity index (χ3n) is 1.74. The number of nitrogens with two attached hydrogens (primary N) is 1. The Morgan fingerprint density at radius 2 is 2.00 bits per heavy atom. The average molecular weight is 234 g/mol. The molecule has 1 aromatic rings. The molecule has 7 heteroatoms. The fourth-order valence-corrected chi connectivity index (χ4v) is 1.09. The number of alkyl halides is 3. The Balaban J connectivity index is 3.16. The van der Waals surface area contributed by atoms with E-state index in [1.165, 1.54) is 13.2 Å². The molecule has 2 amide bonds. The molecule has 16 heavy (non-hydrogen) atoms. The quantitative estimate of drug-likeness (QED) is 0.823. The van der Waals surface area contributed by atoms with Gasteiger partial charge in [0.25, 0.3) is 0 Å². The zero-order valence-corrected chi connectivity index (χ0v) is 8.26. The average Bonchev–Trinajstić information content (AvgIpc) is 2.14. The summed E-state index contributed by atoms with van der Waals surface area (Å²) in [6.07, 6.45) is -4.51. The molecular formula is C9H9F3N2O2. The summed E-state index contributed by atoms with van der Waals surface area (Å²) in [5.74, 6) is -0.0152. The lowest BCUT2D eigenvalue weighted by Gasteiger charge is -2.11. The van der Waals surface area contributed by atoms with Crippen LogP contribution in [0.3, 0.4) is 0 Å². The minimum atomic E-state index is -4.51. The third-order valence-corrected chi connectivity index (χ3v) is 1.74. The molecule has 0 unspecified atom stereocenters. The van der Waals surface area contributed by atoms with E-state index in [0.717, 1.165) is 12.1 Å². The summed E-state index contributed by atoms with van der Waals surface area (Å²) in [7, 11) is 1.23. The van der Waals surface area contributed by atoms with Gasteiger partial charge in [0.2, 0.25) is 0 Å². The van der Waals surface area contributed by atoms with Crippen LogP contribution >= 0.6 is 0 Å². The molecule has 0 fully saturated rings. The normalized spacial score (nSPS) is 11.0. The summed E-state index contributed by atoms with van der Waals surface area (Å²) in [4.78, 5) is 10.5. The minimum Gasteiger partial charge on any atom is -0.497 e. The first-order valence-electron chi connectivity index (χ1n) is 4.15. The predicted octanol–water partition coefficient (Wildman–Crippen LogP) is 2.20. The predicted molar refractivity (Wildman–Crippen MR) is 51.2 cm³/mol. The number of nitrogens with one attached hydrogen (secondary N) is 1. The number of rotatable bonds is 2. The van der Waals surface area contributed by atoms with Gasteiger partial charge >= 0.3 is 12.2 Å². The summed E-state index contributed by atoms with van der Waals surface area (Å²) >= 11 is 0. The van der Waals surface area contributed by atoms with Crippen molar-refractivity contribution in [1.29, 1.82) is 0 Å². The second-order valence-electron chi connectivity index (χ2n) is 2.94. The van der Waals surface area contributed by atoms with Crippen LogP contribution in [0.1, 0.15) is 5.56 Å². The van der Waals surface area contributed by atoms with E-state index in [4.69, 9.17) is 5.73 Å². The van der Waals surface area contributed by atoms with E-state index in [1.807, 2.05) is 0 Å². The molecule has 0 bridgehead atoms. The van der Waals surface area contributed by atoms with Crippen LogP contribution in [-0.2, 0) is 6.18 Å². The second-order valence-corrected chi connectivity index (χ2v) is 2.94. The van der Waals surface area contributed by atoms with Crippen LogP contribution in [0.2, 0.25) is 0 Å². The summed E-state index contributed by atoms with van der Waals surface area (Å²) < 4.78 is 41.9. The van der Waals surface area contributed by atoms with Gasteiger partial charge in [-0.3, -0.25) is 0 Å². The van der Waals surface area contributed by atoms with Crippen molar-refractivity contribution in [3.05, 3.63) is 23.8 Å². The maximum atomic E-state index is 12.4. The molecule has 0 aliphatic heterocycles. The Labute approximate surface area is 89.2 Å². The lowest BCUT2D eigenvalue weighted by molar-refractivity contribution is -0.137. The van der Waals surface area contributed by atoms with Gasteiger partial charge in [0.15, 0.2) is 0 Å². The molecule has 4 nitrogen and oxygen atoms in total. The Morgan fingerprint density at radius 3 is 2.44 bits per heavy atom. The largest absolute Gasteiger partial charge is 0.497 e. The molecule has 0 saturated heterocycles. The number of benzene rings is 1. The summed E-state index contributed by atoms with van der Waals surface area (Å²) in [6, 6.07) is 1.89. The van der Waals surface area contributed by atoms with Crippen molar-refractivity contribution in [3.63, 3.8) is 0 Å². The monoisotopic (exact) mass is 234 g/mol. The highest BCUT2D eigenvalue weighted by Crippen LogP contribution is 2.33. The Hall–Kier alpha value is -1.92. The molecule has 1 aromatic carbocycles. The van der Waals surface area contributed by atoms with Gasteiger partial charge in [0.1, 0.15) is 5.75 Å². The van der Waals surface area contributed by atoms with Gasteiger partial charge in [-0.05, 0) is 12.1 Å². The Bertz CT molecular complexity index is 404. The standard InChI is InChI=1S/C9H9F3N2O2/c1-16-7-3-5(9(10,11)12)2-6(4-7)14-8(13)15/h2-4H,1H3,(H3,13,14,15). The number of carbonyl (C=O) groups excluding carboxylic acids is 1. The number of amides is 2. The van der Waals surface area contributed by atoms with Crippen LogP contribution in [-0.4, -0.2) is 13.1 Å². The van der Waals surface area contributed by atoms with E-state index in [9.17, 15) is 18.0 Å². The molecule has 0 aromatic heterocycles. The second kappa shape index (κ2) is 4.30. The van der Waals surface area contributed by atoms with Crippen molar-refractivity contribution in [2.24, 2.45) is 5.73 Å². The zero-order chi connectivity index (χ0) is 12.3. The van der Waals surface area contributed by atoms with E-state index < -0.39 is 17.8 Å². The number of halogens is 3. The smallest absolute Gasteiger partial charge is 0.416 e. The summed E-state index contributed by atoms with van der Waals surface area (Å²) in [5.41, 5.74) is 3.81. The highest BCUT2D eigenvalue weighted by atomic mass is 19.4. The topological polar surface area (TPSA) is 64.3 Å². The third kappa shape index (κ3) is 3.04. The Kier molecular flexibility index (Phi) is 3.26. The number of methoxy groups -OCH3 is 1. The SMILES string of the molecule is COc1cc(NC(N)=O)cc(C(F)(F)F)c1. The molecule has 88 valence electrons. The van der Waals surface area contributed by atoms with Crippen LogP contribution in [0.5, 0.6) is 5.75 Å². The van der Waals surface area contributed by atoms with E-state index >= 15 is 0 Å². The number of primary amides is 1. The first-order chi connectivity index (χ1) is 7.32. The number of carbonyl (C=O) groups is 1. The fraction of sp³-hybridized carbons (Fsp3) is 0.222. The van der Waals surface area contributed by atoms with Crippen molar-refractivity contribution in [1.82, 2.24) is 0 Å². The molecule has 0 aliphatic carbocycles. The number of hydrogen-bond donors (Lipinski definition) is 2. The Morgan fingerprint density at radius 1 is 1.38 bits per heavy atom. The molecule has 0 aliphatic rings. The molecular weight excluding hydrogens is 225 g/mol. The summed E-state index contributed by atoms with van der Waals surface area (Å²) in [5, 5.41) is 2.05. The molecule has 0 spiro atoms. The van der Waals surface area contributed by atoms with Crippen molar-refractivity contribution in [2.45, 2.75) is 6.18 Å². The van der Waals surface area contributed by atoms with Gasteiger partial charge < -0.3 is 15.8 Å². The molecule has 3 N–H and O–H groups in total. The summed E-state index contributed by atoms with van der Waals surface area (Å²) in [6.45, 7) is 0. The lowest BCUT2D eigenvalue weighted by Crippen LogP contribution is -2.19. The highest BCUT2D eigenvalue weighted by molar-refractivity contribution is 5.88. The van der Waals surface area contributed by atoms with Crippen LogP contribution in [0.25, 0.3) is 0 Å². The van der Waals surface area contributed by atoms with Gasteiger partial charge in [-0.1, -0.05) is 0 Å². The van der Waals surface area contributed by atoms with Gasteiger partial charge in [-0.25, -0.2) is 4.79 Å². The maximum Gasteiger partial charge on any atom is 0.416 e. The number of hydrogen-bond acceptors (Lipinski definition) is 2. The van der Waals surface area contributed by atoms with Crippen molar-refractivity contribution < 1.29 is 22.7 Å². The van der Waals surface area contributed by atoms with Gasteiger partial charge in [-0.2, -0.15) is 13.2 Å². The zero-order valence-electron chi connectivity index (χ0n) is 8.26. The van der Waals surface area contributed by atoms with Gasteiger partial charge in [0, 0.05) is 11.8 Å². The van der Waals surface area contributed by atoms with Crippen LogP contribution in [0.15, 0.2) is 18.2 Å². The molecule has 1 rings (SSSR count). The fourth-order valence-electron chi connectivity index (χ4n) is 1.09. The van der Waals surface area contributed by atoms with Crippen LogP contribution in [0.4, 0.5) is 23.7 Å². The van der Waals surface area contributed by atoms with Crippen molar-refractivity contribution >= 4 is 11.7 Å². The number of ether oxygens (including phenoxy) is 1. The minimum absolute atomic E-state index is 0.0152. The maximum absolute atomic E-state index is 12.4. The molecule has 0 radical (unpaired) electrons. The molecule has 0 heterocycles. The molecule has 0 saturated carbocycles. The number of urea groups is 1. The first-order valence-corrected chi connectivity index (χ1v) is 4.15. The highest BCUT2D eigenvalue weighted by Gasteiger charge is 2.31. The lowest BCUT2D eigenvalue weighted by atomic mass is 10.2. The first kappa shape index (κ1) is 12.2. The van der Waals surface area contributed by atoms with Crippen molar-refractivity contribution in [3.8, 4) is 5.75 Å². The van der Waals surface area contributed by atoms with Gasteiger partial charge in [0.05, 0.1) is 12.7 Å². The number of anilines is 1. The van der Waals surface area contributed by atoms with Gasteiger partial charge in [-0.15, -0.1) is 0 Å². The molecule has 0 atom stereocenters.